The van der Waals surface area contributed by atoms with Gasteiger partial charge in [-0.15, -0.1) is 11.8 Å². The molecule has 0 fully saturated rings. The highest BCUT2D eigenvalue weighted by Crippen LogP contribution is 2.32. The second-order valence-corrected chi connectivity index (χ2v) is 6.86. The molecule has 112 valence electrons. The molecular formula is C17H19Cl2NS. The quantitative estimate of drug-likeness (QED) is 0.696. The van der Waals surface area contributed by atoms with Crippen molar-refractivity contribution in [2.75, 3.05) is 0 Å². The maximum atomic E-state index is 6.35. The van der Waals surface area contributed by atoms with Gasteiger partial charge in [-0.25, -0.2) is 0 Å². The normalized spacial score (nSPS) is 12.4. The second-order valence-electron chi connectivity index (χ2n) is 5.00. The summed E-state index contributed by atoms with van der Waals surface area (Å²) < 4.78 is 0. The fourth-order valence-corrected chi connectivity index (χ4v) is 3.51. The Kier molecular flexibility index (Phi) is 6.43. The number of benzene rings is 2. The van der Waals surface area contributed by atoms with Crippen LogP contribution in [0.2, 0.25) is 10.0 Å². The Morgan fingerprint density at radius 3 is 2.48 bits per heavy atom. The maximum absolute atomic E-state index is 6.35. The van der Waals surface area contributed by atoms with Gasteiger partial charge in [-0.3, -0.25) is 0 Å². The predicted octanol–water partition coefficient (Wildman–Crippen LogP) is 5.57. The van der Waals surface area contributed by atoms with Gasteiger partial charge in [0, 0.05) is 26.7 Å². The standard InChI is InChI=1S/C17H19Cl2NS/c1-2-14(20)10-15-16(19)4-3-5-17(15)21-11-12-6-8-13(18)9-7-12/h3-9,14H,2,10-11,20H2,1H3. The van der Waals surface area contributed by atoms with E-state index in [0.29, 0.717) is 0 Å². The van der Waals surface area contributed by atoms with Crippen LogP contribution >= 0.6 is 35.0 Å². The third-order valence-corrected chi connectivity index (χ3v) is 5.15. The van der Waals surface area contributed by atoms with E-state index in [1.807, 2.05) is 24.3 Å². The molecule has 0 saturated heterocycles. The summed E-state index contributed by atoms with van der Waals surface area (Å²) in [4.78, 5) is 1.21. The van der Waals surface area contributed by atoms with E-state index in [9.17, 15) is 0 Å². The Balaban J connectivity index is 2.12. The zero-order chi connectivity index (χ0) is 15.2. The molecule has 0 radical (unpaired) electrons. The van der Waals surface area contributed by atoms with E-state index in [2.05, 4.69) is 25.1 Å². The third-order valence-electron chi connectivity index (χ3n) is 3.37. The van der Waals surface area contributed by atoms with Gasteiger partial charge in [0.1, 0.15) is 0 Å². The highest BCUT2D eigenvalue weighted by Gasteiger charge is 2.11. The summed E-state index contributed by atoms with van der Waals surface area (Å²) in [5, 5.41) is 1.57. The molecule has 2 rings (SSSR count). The van der Waals surface area contributed by atoms with Gasteiger partial charge in [0.05, 0.1) is 0 Å². The second kappa shape index (κ2) is 8.09. The van der Waals surface area contributed by atoms with Crippen molar-refractivity contribution in [3.8, 4) is 0 Å². The van der Waals surface area contributed by atoms with Gasteiger partial charge in [-0.2, -0.15) is 0 Å². The number of hydrogen-bond acceptors (Lipinski definition) is 2. The summed E-state index contributed by atoms with van der Waals surface area (Å²) in [5.41, 5.74) is 8.49. The average molecular weight is 340 g/mol. The molecule has 0 aliphatic carbocycles. The van der Waals surface area contributed by atoms with Gasteiger partial charge < -0.3 is 5.73 Å². The zero-order valence-electron chi connectivity index (χ0n) is 12.0. The Morgan fingerprint density at radius 2 is 1.81 bits per heavy atom. The number of hydrogen-bond donors (Lipinski definition) is 1. The van der Waals surface area contributed by atoms with Crippen molar-refractivity contribution >= 4 is 35.0 Å². The van der Waals surface area contributed by atoms with E-state index < -0.39 is 0 Å². The maximum Gasteiger partial charge on any atom is 0.0449 e. The predicted molar refractivity (Wildman–Crippen MR) is 94.4 cm³/mol. The lowest BCUT2D eigenvalue weighted by atomic mass is 10.0. The first-order valence-electron chi connectivity index (χ1n) is 7.00. The van der Waals surface area contributed by atoms with Gasteiger partial charge in [0.2, 0.25) is 0 Å². The first kappa shape index (κ1) is 16.7. The fraction of sp³-hybridized carbons (Fsp3) is 0.294. The van der Waals surface area contributed by atoms with Crippen LogP contribution in [0.4, 0.5) is 0 Å². The molecule has 0 heterocycles. The van der Waals surface area contributed by atoms with Crippen LogP contribution in [0, 0.1) is 0 Å². The molecule has 0 aromatic heterocycles. The topological polar surface area (TPSA) is 26.0 Å². The Bertz CT molecular complexity index is 584. The Morgan fingerprint density at radius 1 is 1.10 bits per heavy atom. The smallest absolute Gasteiger partial charge is 0.0449 e. The summed E-state index contributed by atoms with van der Waals surface area (Å²) in [6, 6.07) is 14.1. The van der Waals surface area contributed by atoms with E-state index in [4.69, 9.17) is 28.9 Å². The van der Waals surface area contributed by atoms with E-state index in [1.165, 1.54) is 10.5 Å². The summed E-state index contributed by atoms with van der Waals surface area (Å²) in [6.45, 7) is 2.10. The van der Waals surface area contributed by atoms with Crippen LogP contribution < -0.4 is 5.73 Å². The molecule has 0 spiro atoms. The molecular weight excluding hydrogens is 321 g/mol. The van der Waals surface area contributed by atoms with Gasteiger partial charge >= 0.3 is 0 Å². The monoisotopic (exact) mass is 339 g/mol. The molecule has 2 aromatic rings. The van der Waals surface area contributed by atoms with Crippen LogP contribution in [-0.4, -0.2) is 6.04 Å². The average Bonchev–Trinajstić information content (AvgIpc) is 2.49. The zero-order valence-corrected chi connectivity index (χ0v) is 14.3. The molecule has 1 unspecified atom stereocenters. The van der Waals surface area contributed by atoms with E-state index in [-0.39, 0.29) is 6.04 Å². The lowest BCUT2D eigenvalue weighted by Crippen LogP contribution is -2.21. The molecule has 21 heavy (non-hydrogen) atoms. The lowest BCUT2D eigenvalue weighted by molar-refractivity contribution is 0.641. The van der Waals surface area contributed by atoms with Crippen molar-refractivity contribution in [3.05, 3.63) is 63.6 Å². The number of thioether (sulfide) groups is 1. The molecule has 0 saturated carbocycles. The van der Waals surface area contributed by atoms with Crippen molar-refractivity contribution in [1.82, 2.24) is 0 Å². The molecule has 2 N–H and O–H groups in total. The molecule has 0 amide bonds. The van der Waals surface area contributed by atoms with Crippen LogP contribution in [0.3, 0.4) is 0 Å². The summed E-state index contributed by atoms with van der Waals surface area (Å²) in [7, 11) is 0. The summed E-state index contributed by atoms with van der Waals surface area (Å²) in [5.74, 6) is 0.895. The van der Waals surface area contributed by atoms with Crippen molar-refractivity contribution in [2.45, 2.75) is 36.5 Å². The molecule has 4 heteroatoms. The van der Waals surface area contributed by atoms with Gasteiger partial charge in [-0.1, -0.05) is 48.3 Å². The Labute approximate surface area is 140 Å². The van der Waals surface area contributed by atoms with Crippen molar-refractivity contribution in [2.24, 2.45) is 5.73 Å². The molecule has 1 atom stereocenters. The van der Waals surface area contributed by atoms with E-state index >= 15 is 0 Å². The molecule has 2 aromatic carbocycles. The highest BCUT2D eigenvalue weighted by molar-refractivity contribution is 7.98. The molecule has 0 aliphatic rings. The van der Waals surface area contributed by atoms with E-state index in [0.717, 1.165) is 34.2 Å². The van der Waals surface area contributed by atoms with Gasteiger partial charge in [-0.05, 0) is 48.2 Å². The lowest BCUT2D eigenvalue weighted by Gasteiger charge is -2.15. The minimum atomic E-state index is 0.153. The first-order chi connectivity index (χ1) is 10.1. The largest absolute Gasteiger partial charge is 0.327 e. The van der Waals surface area contributed by atoms with Crippen molar-refractivity contribution in [3.63, 3.8) is 0 Å². The SMILES string of the molecule is CCC(N)Cc1c(Cl)cccc1SCc1ccc(Cl)cc1. The van der Waals surface area contributed by atoms with Gasteiger partial charge in [0.15, 0.2) is 0 Å². The van der Waals surface area contributed by atoms with Crippen LogP contribution in [0.5, 0.6) is 0 Å². The van der Waals surface area contributed by atoms with Crippen LogP contribution in [0.25, 0.3) is 0 Å². The molecule has 0 aliphatic heterocycles. The number of nitrogens with two attached hydrogens (primary N) is 1. The van der Waals surface area contributed by atoms with E-state index in [1.54, 1.807) is 11.8 Å². The third kappa shape index (κ3) is 4.93. The van der Waals surface area contributed by atoms with Crippen LogP contribution in [0.1, 0.15) is 24.5 Å². The van der Waals surface area contributed by atoms with Crippen LogP contribution in [0.15, 0.2) is 47.4 Å². The number of rotatable bonds is 6. The minimum Gasteiger partial charge on any atom is -0.327 e. The molecule has 1 nitrogen and oxygen atoms in total. The Hall–Kier alpha value is -0.670. The molecule has 0 bridgehead atoms. The summed E-state index contributed by atoms with van der Waals surface area (Å²) >= 11 is 14.0. The van der Waals surface area contributed by atoms with Gasteiger partial charge in [0.25, 0.3) is 0 Å². The van der Waals surface area contributed by atoms with Crippen molar-refractivity contribution in [1.29, 1.82) is 0 Å². The first-order valence-corrected chi connectivity index (χ1v) is 8.74. The highest BCUT2D eigenvalue weighted by atomic mass is 35.5. The fourth-order valence-electron chi connectivity index (χ4n) is 2.02. The van der Waals surface area contributed by atoms with Crippen molar-refractivity contribution < 1.29 is 0 Å². The van der Waals surface area contributed by atoms with Crippen LogP contribution in [-0.2, 0) is 12.2 Å². The minimum absolute atomic E-state index is 0.153. The summed E-state index contributed by atoms with van der Waals surface area (Å²) in [6.07, 6.45) is 1.77. The number of halogens is 2.